The highest BCUT2D eigenvalue weighted by molar-refractivity contribution is 5.90. The molecule has 1 saturated carbocycles. The molecule has 114 valence electrons. The van der Waals surface area contributed by atoms with Crippen LogP contribution in [-0.2, 0) is 0 Å². The van der Waals surface area contributed by atoms with Crippen molar-refractivity contribution in [3.63, 3.8) is 0 Å². The lowest BCUT2D eigenvalue weighted by atomic mass is 10.0. The van der Waals surface area contributed by atoms with Crippen LogP contribution in [0.4, 0.5) is 10.5 Å². The lowest BCUT2D eigenvalue weighted by Gasteiger charge is -2.28. The monoisotopic (exact) mass is 293 g/mol. The van der Waals surface area contributed by atoms with Crippen LogP contribution in [0.2, 0.25) is 0 Å². The van der Waals surface area contributed by atoms with Gasteiger partial charge in [-0.05, 0) is 25.0 Å². The fourth-order valence-electron chi connectivity index (χ4n) is 2.52. The van der Waals surface area contributed by atoms with Crippen LogP contribution in [0.5, 0.6) is 0 Å². The number of likely N-dealkylation sites (N-methyl/N-ethyl adjacent to an activating group) is 1. The highest BCUT2D eigenvalue weighted by atomic mass is 16.4. The number of carbonyl (C=O) groups is 2. The highest BCUT2D eigenvalue weighted by Crippen LogP contribution is 2.30. The molecule has 1 aliphatic carbocycles. The first-order valence-corrected chi connectivity index (χ1v) is 6.83. The molecule has 1 heterocycles. The summed E-state index contributed by atoms with van der Waals surface area (Å²) in [6.45, 7) is 0.277. The SMILES string of the molecule is CN(CC1(O)CCCC1)C(=O)Nc1ccc(C(=O)O)nc1. The van der Waals surface area contributed by atoms with E-state index in [0.29, 0.717) is 18.5 Å². The van der Waals surface area contributed by atoms with Gasteiger partial charge in [-0.15, -0.1) is 0 Å². The second-order valence-electron chi connectivity index (χ2n) is 5.45. The number of anilines is 1. The first-order chi connectivity index (χ1) is 9.89. The Balaban J connectivity index is 1.92. The molecule has 0 bridgehead atoms. The molecule has 1 aromatic heterocycles. The molecule has 7 nitrogen and oxygen atoms in total. The number of aromatic carboxylic acids is 1. The number of nitrogens with zero attached hydrogens (tertiary/aromatic N) is 2. The summed E-state index contributed by atoms with van der Waals surface area (Å²) in [6, 6.07) is 2.44. The van der Waals surface area contributed by atoms with Crippen molar-refractivity contribution in [3.05, 3.63) is 24.0 Å². The van der Waals surface area contributed by atoms with E-state index in [4.69, 9.17) is 5.11 Å². The molecule has 1 fully saturated rings. The molecule has 2 rings (SSSR count). The third kappa shape index (κ3) is 3.91. The van der Waals surface area contributed by atoms with E-state index >= 15 is 0 Å². The first kappa shape index (κ1) is 15.2. The molecular formula is C14H19N3O4. The fourth-order valence-corrected chi connectivity index (χ4v) is 2.52. The standard InChI is InChI=1S/C14H19N3O4/c1-17(9-14(21)6-2-3-7-14)13(20)16-10-4-5-11(12(18)19)15-8-10/h4-5,8,21H,2-3,6-7,9H2,1H3,(H,16,20)(H,18,19). The molecule has 0 atom stereocenters. The summed E-state index contributed by atoms with van der Waals surface area (Å²) >= 11 is 0. The van der Waals surface area contributed by atoms with Crippen molar-refractivity contribution in [1.29, 1.82) is 0 Å². The molecule has 21 heavy (non-hydrogen) atoms. The van der Waals surface area contributed by atoms with Gasteiger partial charge in [-0.25, -0.2) is 14.6 Å². The van der Waals surface area contributed by atoms with E-state index in [0.717, 1.165) is 12.8 Å². The number of aliphatic hydroxyl groups is 1. The van der Waals surface area contributed by atoms with Gasteiger partial charge in [-0.3, -0.25) is 0 Å². The van der Waals surface area contributed by atoms with Crippen LogP contribution >= 0.6 is 0 Å². The number of carboxylic acids is 1. The van der Waals surface area contributed by atoms with Crippen LogP contribution < -0.4 is 5.32 Å². The third-order valence-electron chi connectivity index (χ3n) is 3.65. The summed E-state index contributed by atoms with van der Waals surface area (Å²) in [6.07, 6.45) is 4.66. The van der Waals surface area contributed by atoms with Crippen molar-refractivity contribution in [2.75, 3.05) is 18.9 Å². The van der Waals surface area contributed by atoms with Crippen LogP contribution in [0.25, 0.3) is 0 Å². The van der Waals surface area contributed by atoms with E-state index in [1.807, 2.05) is 0 Å². The fraction of sp³-hybridized carbons (Fsp3) is 0.500. The second-order valence-corrected chi connectivity index (χ2v) is 5.45. The van der Waals surface area contributed by atoms with Crippen LogP contribution in [0.3, 0.4) is 0 Å². The maximum atomic E-state index is 12.0. The van der Waals surface area contributed by atoms with E-state index in [-0.39, 0.29) is 18.3 Å². The number of hydrogen-bond acceptors (Lipinski definition) is 4. The number of carboxylic acid groups (broad SMARTS) is 1. The smallest absolute Gasteiger partial charge is 0.354 e. The summed E-state index contributed by atoms with van der Waals surface area (Å²) in [5, 5.41) is 21.6. The van der Waals surface area contributed by atoms with Gasteiger partial charge in [0.15, 0.2) is 0 Å². The zero-order valence-electron chi connectivity index (χ0n) is 11.9. The van der Waals surface area contributed by atoms with E-state index in [1.54, 1.807) is 7.05 Å². The third-order valence-corrected chi connectivity index (χ3v) is 3.65. The number of carbonyl (C=O) groups excluding carboxylic acids is 1. The Kier molecular flexibility index (Phi) is 4.42. The molecule has 7 heteroatoms. The van der Waals surface area contributed by atoms with Crippen molar-refractivity contribution in [2.24, 2.45) is 0 Å². The summed E-state index contributed by atoms with van der Waals surface area (Å²) < 4.78 is 0. The van der Waals surface area contributed by atoms with Crippen LogP contribution in [0.15, 0.2) is 18.3 Å². The molecule has 0 saturated heterocycles. The quantitative estimate of drug-likeness (QED) is 0.781. The molecule has 0 unspecified atom stereocenters. The Morgan fingerprint density at radius 2 is 2.05 bits per heavy atom. The maximum Gasteiger partial charge on any atom is 0.354 e. The van der Waals surface area contributed by atoms with Gasteiger partial charge in [0.1, 0.15) is 5.69 Å². The van der Waals surface area contributed by atoms with Crippen LogP contribution in [0, 0.1) is 0 Å². The first-order valence-electron chi connectivity index (χ1n) is 6.83. The Morgan fingerprint density at radius 1 is 1.38 bits per heavy atom. The minimum absolute atomic E-state index is 0.0818. The minimum atomic E-state index is -1.12. The van der Waals surface area contributed by atoms with E-state index in [2.05, 4.69) is 10.3 Å². The van der Waals surface area contributed by atoms with E-state index in [1.165, 1.54) is 23.2 Å². The van der Waals surface area contributed by atoms with Gasteiger partial charge < -0.3 is 20.4 Å². The number of pyridine rings is 1. The Bertz CT molecular complexity index is 524. The van der Waals surface area contributed by atoms with Crippen LogP contribution in [-0.4, -0.2) is 51.3 Å². The van der Waals surface area contributed by atoms with E-state index in [9.17, 15) is 14.7 Å². The van der Waals surface area contributed by atoms with Gasteiger partial charge in [-0.1, -0.05) is 12.8 Å². The lowest BCUT2D eigenvalue weighted by molar-refractivity contribution is 0.0261. The highest BCUT2D eigenvalue weighted by Gasteiger charge is 2.33. The summed E-state index contributed by atoms with van der Waals surface area (Å²) in [5.41, 5.74) is -0.464. The van der Waals surface area contributed by atoms with Gasteiger partial charge in [0.05, 0.1) is 24.0 Å². The number of amides is 2. The zero-order valence-corrected chi connectivity index (χ0v) is 11.9. The second kappa shape index (κ2) is 6.09. The predicted molar refractivity (Wildman–Crippen MR) is 76.3 cm³/mol. The molecule has 0 aromatic carbocycles. The Morgan fingerprint density at radius 3 is 2.57 bits per heavy atom. The molecule has 0 aliphatic heterocycles. The summed E-state index contributed by atoms with van der Waals surface area (Å²) in [4.78, 5) is 27.9. The molecule has 2 amide bonds. The van der Waals surface area contributed by atoms with Gasteiger partial charge in [0, 0.05) is 7.05 Å². The Hall–Kier alpha value is -2.15. The number of nitrogens with one attached hydrogen (secondary N) is 1. The van der Waals surface area contributed by atoms with Gasteiger partial charge in [0.2, 0.25) is 0 Å². The lowest BCUT2D eigenvalue weighted by Crippen LogP contribution is -2.43. The zero-order chi connectivity index (χ0) is 15.5. The molecule has 3 N–H and O–H groups in total. The number of rotatable bonds is 4. The average molecular weight is 293 g/mol. The van der Waals surface area contributed by atoms with Crippen molar-refractivity contribution in [2.45, 2.75) is 31.3 Å². The summed E-state index contributed by atoms with van der Waals surface area (Å²) in [5.74, 6) is -1.12. The normalized spacial score (nSPS) is 16.5. The van der Waals surface area contributed by atoms with Crippen LogP contribution in [0.1, 0.15) is 36.2 Å². The molecule has 0 spiro atoms. The summed E-state index contributed by atoms with van der Waals surface area (Å²) in [7, 11) is 1.62. The number of urea groups is 1. The largest absolute Gasteiger partial charge is 0.477 e. The Labute approximate surface area is 122 Å². The molecular weight excluding hydrogens is 274 g/mol. The predicted octanol–water partition coefficient (Wildman–Crippen LogP) is 1.55. The molecule has 1 aliphatic rings. The van der Waals surface area contributed by atoms with Crippen molar-refractivity contribution in [3.8, 4) is 0 Å². The number of hydrogen-bond donors (Lipinski definition) is 3. The van der Waals surface area contributed by atoms with Gasteiger partial charge in [-0.2, -0.15) is 0 Å². The van der Waals surface area contributed by atoms with Gasteiger partial charge in [0.25, 0.3) is 0 Å². The van der Waals surface area contributed by atoms with E-state index < -0.39 is 11.6 Å². The average Bonchev–Trinajstić information content (AvgIpc) is 2.85. The topological polar surface area (TPSA) is 103 Å². The van der Waals surface area contributed by atoms with Crippen molar-refractivity contribution in [1.82, 2.24) is 9.88 Å². The van der Waals surface area contributed by atoms with Gasteiger partial charge >= 0.3 is 12.0 Å². The minimum Gasteiger partial charge on any atom is -0.477 e. The molecule has 1 aromatic rings. The molecule has 0 radical (unpaired) electrons. The van der Waals surface area contributed by atoms with Crippen molar-refractivity contribution >= 4 is 17.7 Å². The number of aromatic nitrogens is 1. The van der Waals surface area contributed by atoms with Crippen molar-refractivity contribution < 1.29 is 19.8 Å². The maximum absolute atomic E-state index is 12.0.